The fourth-order valence-corrected chi connectivity index (χ4v) is 3.11. The van der Waals surface area contributed by atoms with Crippen LogP contribution < -0.4 is 0 Å². The lowest BCUT2D eigenvalue weighted by molar-refractivity contribution is 0.282. The Bertz CT molecular complexity index is 248. The summed E-state index contributed by atoms with van der Waals surface area (Å²) in [4.78, 5) is 0. The summed E-state index contributed by atoms with van der Waals surface area (Å²) in [6.45, 7) is 8.42. The lowest BCUT2D eigenvalue weighted by Crippen LogP contribution is -2.39. The third-order valence-electron chi connectivity index (χ3n) is 2.17. The molecule has 0 aromatic carbocycles. The maximum absolute atomic E-state index is 11.3. The summed E-state index contributed by atoms with van der Waals surface area (Å²) in [5.41, 5.74) is 0. The fourth-order valence-electron chi connectivity index (χ4n) is 1.47. The van der Waals surface area contributed by atoms with Crippen molar-refractivity contribution in [2.45, 2.75) is 46.6 Å². The highest BCUT2D eigenvalue weighted by Crippen LogP contribution is 2.18. The summed E-state index contributed by atoms with van der Waals surface area (Å²) in [5, 5.41) is 0. The maximum Gasteiger partial charge on any atom is 0.300 e. The van der Waals surface area contributed by atoms with Crippen molar-refractivity contribution in [1.82, 2.24) is 4.31 Å². The molecule has 86 valence electrons. The van der Waals surface area contributed by atoms with E-state index in [2.05, 4.69) is 0 Å². The molecule has 0 radical (unpaired) electrons. The van der Waals surface area contributed by atoms with Gasteiger partial charge in [-0.25, -0.2) is 0 Å². The highest BCUT2D eigenvalue weighted by molar-refractivity contribution is 8.11. The molecule has 0 aliphatic carbocycles. The Morgan fingerprint density at radius 3 is 1.86 bits per heavy atom. The Balaban J connectivity index is 4.71. The van der Waals surface area contributed by atoms with E-state index in [0.29, 0.717) is 12.5 Å². The zero-order chi connectivity index (χ0) is 11.4. The first-order valence-electron chi connectivity index (χ1n) is 5.04. The molecule has 0 bridgehead atoms. The van der Waals surface area contributed by atoms with Crippen molar-refractivity contribution in [2.24, 2.45) is 5.92 Å². The highest BCUT2D eigenvalue weighted by atomic mass is 35.7. The summed E-state index contributed by atoms with van der Waals surface area (Å²) in [5.74, 6) is 0.295. The van der Waals surface area contributed by atoms with E-state index < -0.39 is 9.24 Å². The molecule has 0 saturated carbocycles. The first kappa shape index (κ1) is 14.2. The van der Waals surface area contributed by atoms with Gasteiger partial charge in [-0.2, -0.15) is 12.7 Å². The predicted molar refractivity (Wildman–Crippen MR) is 60.7 cm³/mol. The molecule has 0 heterocycles. The van der Waals surface area contributed by atoms with Crippen LogP contribution in [0.3, 0.4) is 0 Å². The molecule has 0 spiro atoms. The molecule has 0 aliphatic heterocycles. The van der Waals surface area contributed by atoms with Gasteiger partial charge in [0, 0.05) is 23.3 Å². The molecular formula is C9H20ClNO2S. The van der Waals surface area contributed by atoms with E-state index in [1.165, 1.54) is 4.31 Å². The predicted octanol–water partition coefficient (Wildman–Crippen LogP) is 2.62. The van der Waals surface area contributed by atoms with Gasteiger partial charge >= 0.3 is 0 Å². The molecule has 0 aliphatic rings. The molecule has 0 amide bonds. The number of hydrogen-bond acceptors (Lipinski definition) is 2. The summed E-state index contributed by atoms with van der Waals surface area (Å²) in [7, 11) is 1.82. The average molecular weight is 242 g/mol. The van der Waals surface area contributed by atoms with Crippen LogP contribution in [0.2, 0.25) is 0 Å². The van der Waals surface area contributed by atoms with Gasteiger partial charge in [-0.05, 0) is 18.8 Å². The van der Waals surface area contributed by atoms with Crippen LogP contribution in [0, 0.1) is 5.92 Å². The van der Waals surface area contributed by atoms with Gasteiger partial charge in [0.15, 0.2) is 0 Å². The minimum atomic E-state index is -3.58. The van der Waals surface area contributed by atoms with Crippen LogP contribution in [0.5, 0.6) is 0 Å². The van der Waals surface area contributed by atoms with Crippen LogP contribution in [-0.4, -0.2) is 25.3 Å². The smallest absolute Gasteiger partial charge is 0.195 e. The molecule has 0 fully saturated rings. The first-order chi connectivity index (χ1) is 6.32. The van der Waals surface area contributed by atoms with E-state index in [1.54, 1.807) is 0 Å². The summed E-state index contributed by atoms with van der Waals surface area (Å²) in [6, 6.07) is 0.0277. The zero-order valence-electron chi connectivity index (χ0n) is 9.33. The van der Waals surface area contributed by atoms with E-state index in [9.17, 15) is 8.42 Å². The minimum Gasteiger partial charge on any atom is -0.195 e. The number of halogens is 1. The monoisotopic (exact) mass is 241 g/mol. The average Bonchev–Trinajstić information content (AvgIpc) is 2.02. The zero-order valence-corrected chi connectivity index (χ0v) is 10.9. The highest BCUT2D eigenvalue weighted by Gasteiger charge is 2.26. The van der Waals surface area contributed by atoms with Crippen LogP contribution in [0.1, 0.15) is 40.5 Å². The molecule has 0 unspecified atom stereocenters. The van der Waals surface area contributed by atoms with Crippen molar-refractivity contribution in [1.29, 1.82) is 0 Å². The fraction of sp³-hybridized carbons (Fsp3) is 1.00. The second-order valence-electron chi connectivity index (χ2n) is 3.88. The largest absolute Gasteiger partial charge is 0.300 e. The number of nitrogens with zero attached hydrogens (tertiary/aromatic N) is 1. The summed E-state index contributed by atoms with van der Waals surface area (Å²) >= 11 is 0. The van der Waals surface area contributed by atoms with Gasteiger partial charge in [0.25, 0.3) is 9.24 Å². The topological polar surface area (TPSA) is 37.4 Å². The molecule has 0 atom stereocenters. The minimum absolute atomic E-state index is 0.0277. The van der Waals surface area contributed by atoms with Crippen LogP contribution in [0.15, 0.2) is 0 Å². The standard InChI is InChI=1S/C9H20ClNO2S/c1-5-9(6-2)11(7-8(3)4)14(10,12)13/h8-9H,5-7H2,1-4H3. The van der Waals surface area contributed by atoms with E-state index >= 15 is 0 Å². The molecular weight excluding hydrogens is 222 g/mol. The number of hydrogen-bond donors (Lipinski definition) is 0. The van der Waals surface area contributed by atoms with Crippen molar-refractivity contribution in [3.8, 4) is 0 Å². The quantitative estimate of drug-likeness (QED) is 0.671. The van der Waals surface area contributed by atoms with Crippen molar-refractivity contribution in [3.63, 3.8) is 0 Å². The van der Waals surface area contributed by atoms with Crippen LogP contribution in [-0.2, 0) is 9.24 Å². The second-order valence-corrected chi connectivity index (χ2v) is 6.34. The van der Waals surface area contributed by atoms with E-state index in [-0.39, 0.29) is 6.04 Å². The third kappa shape index (κ3) is 4.62. The van der Waals surface area contributed by atoms with Gasteiger partial charge in [0.05, 0.1) is 0 Å². The van der Waals surface area contributed by atoms with Gasteiger partial charge in [-0.3, -0.25) is 0 Å². The Morgan fingerprint density at radius 1 is 1.21 bits per heavy atom. The first-order valence-corrected chi connectivity index (χ1v) is 7.30. The van der Waals surface area contributed by atoms with Gasteiger partial charge in [0.2, 0.25) is 0 Å². The van der Waals surface area contributed by atoms with Gasteiger partial charge < -0.3 is 0 Å². The Labute approximate surface area is 92.0 Å². The molecule has 14 heavy (non-hydrogen) atoms. The molecule has 0 rings (SSSR count). The summed E-state index contributed by atoms with van der Waals surface area (Å²) < 4.78 is 24.0. The SMILES string of the molecule is CCC(CC)N(CC(C)C)S(=O)(=O)Cl. The van der Waals surface area contributed by atoms with Gasteiger partial charge in [-0.1, -0.05) is 27.7 Å². The van der Waals surface area contributed by atoms with E-state index in [1.807, 2.05) is 27.7 Å². The van der Waals surface area contributed by atoms with Crippen LogP contribution in [0.25, 0.3) is 0 Å². The molecule has 5 heteroatoms. The molecule has 0 aromatic heterocycles. The number of rotatable bonds is 6. The van der Waals surface area contributed by atoms with Crippen LogP contribution in [0.4, 0.5) is 0 Å². The van der Waals surface area contributed by atoms with Crippen molar-refractivity contribution >= 4 is 19.9 Å². The van der Waals surface area contributed by atoms with Crippen LogP contribution >= 0.6 is 10.7 Å². The molecule has 0 N–H and O–H groups in total. The van der Waals surface area contributed by atoms with E-state index in [0.717, 1.165) is 12.8 Å². The lowest BCUT2D eigenvalue weighted by Gasteiger charge is -2.28. The lowest BCUT2D eigenvalue weighted by atomic mass is 10.1. The normalized spacial score (nSPS) is 13.1. The molecule has 0 aromatic rings. The van der Waals surface area contributed by atoms with Crippen molar-refractivity contribution in [2.75, 3.05) is 6.54 Å². The van der Waals surface area contributed by atoms with Gasteiger partial charge in [-0.15, -0.1) is 0 Å². The van der Waals surface area contributed by atoms with E-state index in [4.69, 9.17) is 10.7 Å². The Morgan fingerprint density at radius 2 is 1.64 bits per heavy atom. The Hall–Kier alpha value is 0.200. The van der Waals surface area contributed by atoms with Gasteiger partial charge in [0.1, 0.15) is 0 Å². The third-order valence-corrected chi connectivity index (χ3v) is 3.71. The second kappa shape index (κ2) is 5.93. The maximum atomic E-state index is 11.3. The Kier molecular flexibility index (Phi) is 6.02. The van der Waals surface area contributed by atoms with Crippen molar-refractivity contribution in [3.05, 3.63) is 0 Å². The summed E-state index contributed by atoms with van der Waals surface area (Å²) in [6.07, 6.45) is 1.60. The van der Waals surface area contributed by atoms with Crippen molar-refractivity contribution < 1.29 is 8.42 Å². The molecule has 0 saturated heterocycles. The molecule has 3 nitrogen and oxygen atoms in total.